The first kappa shape index (κ1) is 14.5. The highest BCUT2D eigenvalue weighted by atomic mass is 16.2. The second-order valence-electron chi connectivity index (χ2n) is 7.36. The van der Waals surface area contributed by atoms with E-state index in [-0.39, 0.29) is 11.3 Å². The standard InChI is InChI=1S/C15H29NO/c1-8-14(3,4)10-15(5,6)9-12-11(2)16(7)13(12)17/h11-12H,8-10H2,1-7H3. The summed E-state index contributed by atoms with van der Waals surface area (Å²) in [5.41, 5.74) is 0.640. The first-order valence-electron chi connectivity index (χ1n) is 6.86. The number of β-lactam (4-membered cyclic amide) rings is 1. The number of carbonyl (C=O) groups is 1. The van der Waals surface area contributed by atoms with Crippen LogP contribution in [0.5, 0.6) is 0 Å². The molecule has 1 rings (SSSR count). The Morgan fingerprint density at radius 3 is 2.12 bits per heavy atom. The molecule has 1 fully saturated rings. The van der Waals surface area contributed by atoms with Gasteiger partial charge in [0.25, 0.3) is 0 Å². The molecule has 2 heteroatoms. The fourth-order valence-corrected chi connectivity index (χ4v) is 3.20. The van der Waals surface area contributed by atoms with E-state index < -0.39 is 0 Å². The van der Waals surface area contributed by atoms with Crippen LogP contribution in [0.3, 0.4) is 0 Å². The second kappa shape index (κ2) is 4.62. The molecule has 1 aliphatic rings. The number of hydrogen-bond donors (Lipinski definition) is 0. The van der Waals surface area contributed by atoms with Gasteiger partial charge in [-0.25, -0.2) is 0 Å². The van der Waals surface area contributed by atoms with E-state index in [1.807, 2.05) is 11.9 Å². The molecule has 17 heavy (non-hydrogen) atoms. The van der Waals surface area contributed by atoms with Crippen molar-refractivity contribution in [2.75, 3.05) is 7.05 Å². The van der Waals surface area contributed by atoms with E-state index >= 15 is 0 Å². The van der Waals surface area contributed by atoms with Crippen LogP contribution in [0.1, 0.15) is 60.8 Å². The zero-order chi connectivity index (χ0) is 13.4. The van der Waals surface area contributed by atoms with Gasteiger partial charge in [-0.15, -0.1) is 0 Å². The van der Waals surface area contributed by atoms with Crippen molar-refractivity contribution in [3.8, 4) is 0 Å². The van der Waals surface area contributed by atoms with Crippen LogP contribution in [-0.4, -0.2) is 23.9 Å². The van der Waals surface area contributed by atoms with Crippen molar-refractivity contribution in [2.45, 2.75) is 66.8 Å². The lowest BCUT2D eigenvalue weighted by Gasteiger charge is -2.47. The van der Waals surface area contributed by atoms with Gasteiger partial charge in [0.05, 0.1) is 5.92 Å². The molecule has 0 spiro atoms. The Morgan fingerprint density at radius 1 is 1.18 bits per heavy atom. The highest BCUT2D eigenvalue weighted by Gasteiger charge is 2.44. The summed E-state index contributed by atoms with van der Waals surface area (Å²) in [6, 6.07) is 0.423. The lowest BCUT2D eigenvalue weighted by Crippen LogP contribution is -2.58. The number of nitrogens with zero attached hydrogens (tertiary/aromatic N) is 1. The fraction of sp³-hybridized carbons (Fsp3) is 0.933. The Bertz CT molecular complexity index is 293. The first-order chi connectivity index (χ1) is 7.59. The maximum Gasteiger partial charge on any atom is 0.227 e. The summed E-state index contributed by atoms with van der Waals surface area (Å²) in [4.78, 5) is 13.7. The Hall–Kier alpha value is -0.530. The molecule has 1 heterocycles. The third-order valence-corrected chi connectivity index (χ3v) is 4.54. The average Bonchev–Trinajstić information content (AvgIpc) is 2.23. The minimum atomic E-state index is 0.252. The normalized spacial score (nSPS) is 26.1. The van der Waals surface area contributed by atoms with Crippen molar-refractivity contribution in [1.82, 2.24) is 4.90 Å². The molecule has 0 bridgehead atoms. The van der Waals surface area contributed by atoms with Gasteiger partial charge in [0.2, 0.25) is 5.91 Å². The van der Waals surface area contributed by atoms with Gasteiger partial charge in [-0.3, -0.25) is 4.79 Å². The predicted octanol–water partition coefficient (Wildman–Crippen LogP) is 3.71. The van der Waals surface area contributed by atoms with E-state index in [0.717, 1.165) is 6.42 Å². The van der Waals surface area contributed by atoms with Crippen LogP contribution < -0.4 is 0 Å². The molecule has 1 aliphatic heterocycles. The van der Waals surface area contributed by atoms with Crippen LogP contribution in [0.15, 0.2) is 0 Å². The summed E-state index contributed by atoms with van der Waals surface area (Å²) < 4.78 is 0. The topological polar surface area (TPSA) is 20.3 Å². The van der Waals surface area contributed by atoms with Crippen LogP contribution >= 0.6 is 0 Å². The highest BCUT2D eigenvalue weighted by Crippen LogP contribution is 2.43. The lowest BCUT2D eigenvalue weighted by atomic mass is 9.67. The molecule has 1 amide bonds. The third-order valence-electron chi connectivity index (χ3n) is 4.54. The number of carbonyl (C=O) groups excluding carboxylic acids is 1. The smallest absolute Gasteiger partial charge is 0.227 e. The molecular weight excluding hydrogens is 210 g/mol. The molecule has 100 valence electrons. The molecule has 0 aromatic heterocycles. The largest absolute Gasteiger partial charge is 0.342 e. The van der Waals surface area contributed by atoms with Crippen LogP contribution in [0.25, 0.3) is 0 Å². The molecule has 1 saturated heterocycles. The SMILES string of the molecule is CCC(C)(C)CC(C)(C)CC1C(=O)N(C)C1C. The van der Waals surface area contributed by atoms with Crippen LogP contribution in [0.2, 0.25) is 0 Å². The lowest BCUT2D eigenvalue weighted by molar-refractivity contribution is -0.154. The summed E-state index contributed by atoms with van der Waals surface area (Å²) in [6.45, 7) is 13.7. The van der Waals surface area contributed by atoms with Gasteiger partial charge in [0.15, 0.2) is 0 Å². The van der Waals surface area contributed by atoms with Gasteiger partial charge in [0, 0.05) is 13.1 Å². The molecule has 2 nitrogen and oxygen atoms in total. The van der Waals surface area contributed by atoms with E-state index in [4.69, 9.17) is 0 Å². The average molecular weight is 239 g/mol. The zero-order valence-corrected chi connectivity index (χ0v) is 12.6. The molecule has 0 aromatic carbocycles. The van der Waals surface area contributed by atoms with Gasteiger partial charge in [-0.2, -0.15) is 0 Å². The monoisotopic (exact) mass is 239 g/mol. The predicted molar refractivity (Wildman–Crippen MR) is 72.8 cm³/mol. The number of likely N-dealkylation sites (tertiary alicyclic amines) is 1. The summed E-state index contributed by atoms with van der Waals surface area (Å²) in [6.07, 6.45) is 3.42. The Labute approximate surface area is 107 Å². The minimum absolute atomic E-state index is 0.252. The van der Waals surface area contributed by atoms with Crippen molar-refractivity contribution in [2.24, 2.45) is 16.7 Å². The number of hydrogen-bond acceptors (Lipinski definition) is 1. The van der Waals surface area contributed by atoms with Gasteiger partial charge in [-0.05, 0) is 30.6 Å². The summed E-state index contributed by atoms with van der Waals surface area (Å²) in [5.74, 6) is 0.586. The van der Waals surface area contributed by atoms with Crippen molar-refractivity contribution in [3.63, 3.8) is 0 Å². The van der Waals surface area contributed by atoms with Crippen LogP contribution in [0.4, 0.5) is 0 Å². The molecule has 2 unspecified atom stereocenters. The summed E-state index contributed by atoms with van der Waals surface area (Å²) in [5, 5.41) is 0. The van der Waals surface area contributed by atoms with E-state index in [9.17, 15) is 4.79 Å². The number of amides is 1. The van der Waals surface area contributed by atoms with E-state index in [1.165, 1.54) is 12.8 Å². The Balaban J connectivity index is 2.59. The van der Waals surface area contributed by atoms with Gasteiger partial charge >= 0.3 is 0 Å². The highest BCUT2D eigenvalue weighted by molar-refractivity contribution is 5.85. The molecule has 2 atom stereocenters. The fourth-order valence-electron chi connectivity index (χ4n) is 3.20. The van der Waals surface area contributed by atoms with Gasteiger partial charge in [0.1, 0.15) is 0 Å². The molecule has 0 aliphatic carbocycles. The van der Waals surface area contributed by atoms with Crippen molar-refractivity contribution < 1.29 is 4.79 Å². The maximum atomic E-state index is 11.8. The molecule has 0 saturated carbocycles. The molecular formula is C15H29NO. The van der Waals surface area contributed by atoms with Crippen molar-refractivity contribution >= 4 is 5.91 Å². The van der Waals surface area contributed by atoms with Crippen LogP contribution in [-0.2, 0) is 4.79 Å². The first-order valence-corrected chi connectivity index (χ1v) is 6.86. The molecule has 0 N–H and O–H groups in total. The van der Waals surface area contributed by atoms with Crippen molar-refractivity contribution in [3.05, 3.63) is 0 Å². The van der Waals surface area contributed by atoms with Crippen molar-refractivity contribution in [1.29, 1.82) is 0 Å². The zero-order valence-electron chi connectivity index (χ0n) is 12.6. The summed E-state index contributed by atoms with van der Waals surface area (Å²) >= 11 is 0. The third kappa shape index (κ3) is 3.23. The minimum Gasteiger partial charge on any atom is -0.342 e. The van der Waals surface area contributed by atoms with Crippen LogP contribution in [0, 0.1) is 16.7 Å². The van der Waals surface area contributed by atoms with Gasteiger partial charge in [-0.1, -0.05) is 41.0 Å². The Kier molecular flexibility index (Phi) is 3.95. The van der Waals surface area contributed by atoms with E-state index in [0.29, 0.717) is 17.4 Å². The molecule has 0 aromatic rings. The van der Waals surface area contributed by atoms with Gasteiger partial charge < -0.3 is 4.90 Å². The molecule has 0 radical (unpaired) electrons. The maximum absolute atomic E-state index is 11.8. The van der Waals surface area contributed by atoms with E-state index in [1.54, 1.807) is 0 Å². The Morgan fingerprint density at radius 2 is 1.71 bits per heavy atom. The number of rotatable bonds is 5. The summed E-state index contributed by atoms with van der Waals surface area (Å²) in [7, 11) is 1.91. The second-order valence-corrected chi connectivity index (χ2v) is 7.36. The van der Waals surface area contributed by atoms with E-state index in [2.05, 4.69) is 41.5 Å². The quantitative estimate of drug-likeness (QED) is 0.670.